The molecule has 8 heteroatoms. The molecule has 1 aliphatic heterocycles. The minimum Gasteiger partial charge on any atom is -0.497 e. The number of carbonyl (C=O) groups is 1. The normalized spacial score (nSPS) is 18.1. The summed E-state index contributed by atoms with van der Waals surface area (Å²) in [6, 6.07) is 12.2. The number of amides is 1. The maximum atomic E-state index is 13.0. The van der Waals surface area contributed by atoms with Crippen molar-refractivity contribution in [3.63, 3.8) is 0 Å². The van der Waals surface area contributed by atoms with E-state index in [-0.39, 0.29) is 10.8 Å². The van der Waals surface area contributed by atoms with Crippen molar-refractivity contribution in [3.05, 3.63) is 53.6 Å². The van der Waals surface area contributed by atoms with Crippen molar-refractivity contribution in [3.8, 4) is 5.75 Å². The SMILES string of the molecule is COc1ccc(NC(=O)[C@@H]2CCCCN2S(=O)(=O)c2ccc(Cl)cc2)cc1. The van der Waals surface area contributed by atoms with Crippen LogP contribution in [0.3, 0.4) is 0 Å². The van der Waals surface area contributed by atoms with Crippen molar-refractivity contribution in [1.82, 2.24) is 4.31 Å². The average Bonchev–Trinajstić information content (AvgIpc) is 2.69. The molecule has 1 fully saturated rings. The van der Waals surface area contributed by atoms with Crippen LogP contribution in [0.1, 0.15) is 19.3 Å². The number of hydrogen-bond acceptors (Lipinski definition) is 4. The lowest BCUT2D eigenvalue weighted by molar-refractivity contribution is -0.120. The second kappa shape index (κ2) is 8.29. The van der Waals surface area contributed by atoms with Gasteiger partial charge in [0.25, 0.3) is 0 Å². The van der Waals surface area contributed by atoms with Crippen LogP contribution in [-0.4, -0.2) is 38.3 Å². The number of carbonyl (C=O) groups excluding carboxylic acids is 1. The van der Waals surface area contributed by atoms with Crippen molar-refractivity contribution < 1.29 is 17.9 Å². The molecular weight excluding hydrogens is 388 g/mol. The highest BCUT2D eigenvalue weighted by Gasteiger charge is 2.37. The van der Waals surface area contributed by atoms with Crippen LogP contribution in [0.25, 0.3) is 0 Å². The maximum absolute atomic E-state index is 13.0. The largest absolute Gasteiger partial charge is 0.497 e. The number of piperidine rings is 1. The molecule has 0 aromatic heterocycles. The molecule has 1 N–H and O–H groups in total. The standard InChI is InChI=1S/C19H21ClN2O4S/c1-26-16-9-7-15(8-10-16)21-19(23)18-4-2-3-13-22(18)27(24,25)17-11-5-14(20)6-12-17/h5-12,18H,2-4,13H2,1H3,(H,21,23)/t18-/m0/s1. The minimum absolute atomic E-state index is 0.135. The lowest BCUT2D eigenvalue weighted by atomic mass is 10.0. The Morgan fingerprint density at radius 2 is 1.78 bits per heavy atom. The van der Waals surface area contributed by atoms with Crippen molar-refractivity contribution in [2.24, 2.45) is 0 Å². The second-order valence-corrected chi connectivity index (χ2v) is 8.63. The van der Waals surface area contributed by atoms with Gasteiger partial charge in [-0.1, -0.05) is 18.0 Å². The molecule has 6 nitrogen and oxygen atoms in total. The molecule has 2 aromatic carbocycles. The lowest BCUT2D eigenvalue weighted by Gasteiger charge is -2.33. The molecule has 1 saturated heterocycles. The molecule has 1 heterocycles. The summed E-state index contributed by atoms with van der Waals surface area (Å²) in [5.41, 5.74) is 0.593. The molecule has 144 valence electrons. The Balaban J connectivity index is 1.81. The molecule has 2 aromatic rings. The zero-order valence-electron chi connectivity index (χ0n) is 14.9. The maximum Gasteiger partial charge on any atom is 0.243 e. The van der Waals surface area contributed by atoms with Crippen molar-refractivity contribution in [1.29, 1.82) is 0 Å². The third-order valence-electron chi connectivity index (χ3n) is 4.53. The Kier molecular flexibility index (Phi) is 6.04. The molecule has 0 spiro atoms. The Hall–Kier alpha value is -2.09. The number of rotatable bonds is 5. The fourth-order valence-electron chi connectivity index (χ4n) is 3.10. The van der Waals surface area contributed by atoms with Gasteiger partial charge in [-0.3, -0.25) is 4.79 Å². The summed E-state index contributed by atoms with van der Waals surface area (Å²) in [5, 5.41) is 3.26. The summed E-state index contributed by atoms with van der Waals surface area (Å²) in [6.07, 6.45) is 2.00. The van der Waals surface area contributed by atoms with Crippen LogP contribution < -0.4 is 10.1 Å². The molecule has 1 atom stereocenters. The van der Waals surface area contributed by atoms with Crippen molar-refractivity contribution >= 4 is 33.2 Å². The topological polar surface area (TPSA) is 75.7 Å². The smallest absolute Gasteiger partial charge is 0.243 e. The first-order chi connectivity index (χ1) is 12.9. The number of sulfonamides is 1. The molecule has 0 saturated carbocycles. The van der Waals surface area contributed by atoms with E-state index in [2.05, 4.69) is 5.32 Å². The summed E-state index contributed by atoms with van der Waals surface area (Å²) < 4.78 is 32.5. The predicted octanol–water partition coefficient (Wildman–Crippen LogP) is 3.53. The highest BCUT2D eigenvalue weighted by Crippen LogP contribution is 2.27. The summed E-state index contributed by atoms with van der Waals surface area (Å²) in [4.78, 5) is 12.9. The molecular formula is C19H21ClN2O4S. The van der Waals surface area contributed by atoms with Gasteiger partial charge < -0.3 is 10.1 Å². The van der Waals surface area contributed by atoms with E-state index < -0.39 is 16.1 Å². The third-order valence-corrected chi connectivity index (χ3v) is 6.71. The molecule has 1 aliphatic rings. The van der Waals surface area contributed by atoms with Crippen molar-refractivity contribution in [2.75, 3.05) is 19.0 Å². The van der Waals surface area contributed by atoms with Gasteiger partial charge in [0.2, 0.25) is 15.9 Å². The van der Waals surface area contributed by atoms with Crippen LogP contribution in [0.2, 0.25) is 5.02 Å². The van der Waals surface area contributed by atoms with E-state index in [0.717, 1.165) is 12.8 Å². The molecule has 0 bridgehead atoms. The molecule has 0 aliphatic carbocycles. The van der Waals surface area contributed by atoms with Gasteiger partial charge in [-0.25, -0.2) is 8.42 Å². The number of hydrogen-bond donors (Lipinski definition) is 1. The van der Waals surface area contributed by atoms with Gasteiger partial charge in [0.1, 0.15) is 11.8 Å². The van der Waals surface area contributed by atoms with E-state index in [0.29, 0.717) is 29.4 Å². The van der Waals surface area contributed by atoms with Crippen LogP contribution in [0.4, 0.5) is 5.69 Å². The van der Waals surface area contributed by atoms with Gasteiger partial charge in [0, 0.05) is 17.3 Å². The van der Waals surface area contributed by atoms with E-state index >= 15 is 0 Å². The number of halogens is 1. The first-order valence-electron chi connectivity index (χ1n) is 8.64. The predicted molar refractivity (Wildman–Crippen MR) is 105 cm³/mol. The summed E-state index contributed by atoms with van der Waals surface area (Å²) in [5.74, 6) is 0.343. The van der Waals surface area contributed by atoms with Gasteiger partial charge in [0.15, 0.2) is 0 Å². The first-order valence-corrected chi connectivity index (χ1v) is 10.5. The van der Waals surface area contributed by atoms with Gasteiger partial charge in [-0.15, -0.1) is 0 Å². The number of nitrogens with zero attached hydrogens (tertiary/aromatic N) is 1. The van der Waals surface area contributed by atoms with Crippen LogP contribution >= 0.6 is 11.6 Å². The zero-order chi connectivity index (χ0) is 19.4. The molecule has 0 radical (unpaired) electrons. The molecule has 1 amide bonds. The number of nitrogens with one attached hydrogen (secondary N) is 1. The van der Waals surface area contributed by atoms with Crippen LogP contribution in [0.15, 0.2) is 53.4 Å². The Morgan fingerprint density at radius 3 is 2.41 bits per heavy atom. The average molecular weight is 409 g/mol. The van der Waals surface area contributed by atoms with Crippen LogP contribution in [0, 0.1) is 0 Å². The van der Waals surface area contributed by atoms with E-state index in [1.807, 2.05) is 0 Å². The fraction of sp³-hybridized carbons (Fsp3) is 0.316. The van der Waals surface area contributed by atoms with E-state index in [9.17, 15) is 13.2 Å². The Labute approximate surface area is 164 Å². The monoisotopic (exact) mass is 408 g/mol. The van der Waals surface area contributed by atoms with Gasteiger partial charge >= 0.3 is 0 Å². The Bertz CT molecular complexity index is 898. The lowest BCUT2D eigenvalue weighted by Crippen LogP contribution is -2.49. The molecule has 0 unspecified atom stereocenters. The highest BCUT2D eigenvalue weighted by atomic mass is 35.5. The number of benzene rings is 2. The zero-order valence-corrected chi connectivity index (χ0v) is 16.5. The number of methoxy groups -OCH3 is 1. The summed E-state index contributed by atoms with van der Waals surface area (Å²) in [7, 11) is -2.22. The van der Waals surface area contributed by atoms with Crippen LogP contribution in [-0.2, 0) is 14.8 Å². The van der Waals surface area contributed by atoms with Crippen LogP contribution in [0.5, 0.6) is 5.75 Å². The van der Waals surface area contributed by atoms with E-state index in [1.54, 1.807) is 31.4 Å². The Morgan fingerprint density at radius 1 is 1.11 bits per heavy atom. The van der Waals surface area contributed by atoms with E-state index in [1.165, 1.54) is 28.6 Å². The fourth-order valence-corrected chi connectivity index (χ4v) is 4.88. The second-order valence-electron chi connectivity index (χ2n) is 6.30. The number of anilines is 1. The van der Waals surface area contributed by atoms with Gasteiger partial charge in [0.05, 0.1) is 12.0 Å². The molecule has 27 heavy (non-hydrogen) atoms. The van der Waals surface area contributed by atoms with E-state index in [4.69, 9.17) is 16.3 Å². The van der Waals surface area contributed by atoms with Crippen molar-refractivity contribution in [2.45, 2.75) is 30.2 Å². The molecule has 3 rings (SSSR count). The first kappa shape index (κ1) is 19.7. The highest BCUT2D eigenvalue weighted by molar-refractivity contribution is 7.89. The quantitative estimate of drug-likeness (QED) is 0.821. The number of ether oxygens (including phenoxy) is 1. The van der Waals surface area contributed by atoms with Gasteiger partial charge in [-0.05, 0) is 61.4 Å². The van der Waals surface area contributed by atoms with Gasteiger partial charge in [-0.2, -0.15) is 4.31 Å². The minimum atomic E-state index is -3.78. The summed E-state index contributed by atoms with van der Waals surface area (Å²) >= 11 is 5.86. The summed E-state index contributed by atoms with van der Waals surface area (Å²) in [6.45, 7) is 0.311. The third kappa shape index (κ3) is 4.43.